The molecular weight excluding hydrogens is 290 g/mol. The van der Waals surface area contributed by atoms with E-state index in [9.17, 15) is 8.42 Å². The summed E-state index contributed by atoms with van der Waals surface area (Å²) in [4.78, 5) is 5.40. The molecule has 1 heterocycles. The molecule has 1 aromatic heterocycles. The first kappa shape index (κ1) is 15.2. The molecule has 0 aliphatic carbocycles. The van der Waals surface area contributed by atoms with E-state index in [1.807, 2.05) is 44.2 Å². The summed E-state index contributed by atoms with van der Waals surface area (Å²) < 4.78 is 24.2. The maximum absolute atomic E-state index is 12.1. The molecule has 2 rings (SSSR count). The number of rotatable bonds is 6. The van der Waals surface area contributed by atoms with Crippen LogP contribution >= 0.6 is 11.3 Å². The second-order valence-corrected chi connectivity index (χ2v) is 8.40. The van der Waals surface area contributed by atoms with Crippen LogP contribution < -0.4 is 0 Å². The molecule has 0 aliphatic rings. The fourth-order valence-electron chi connectivity index (χ4n) is 2.00. The minimum absolute atomic E-state index is 0.0706. The van der Waals surface area contributed by atoms with Gasteiger partial charge in [-0.15, -0.1) is 11.3 Å². The summed E-state index contributed by atoms with van der Waals surface area (Å²) in [6, 6.07) is 9.98. The Morgan fingerprint density at radius 3 is 2.45 bits per heavy atom. The quantitative estimate of drug-likeness (QED) is 0.822. The third kappa shape index (κ3) is 4.42. The van der Waals surface area contributed by atoms with Gasteiger partial charge < -0.3 is 0 Å². The Morgan fingerprint density at radius 1 is 1.15 bits per heavy atom. The van der Waals surface area contributed by atoms with Gasteiger partial charge in [0.1, 0.15) is 10.8 Å². The van der Waals surface area contributed by atoms with Gasteiger partial charge in [-0.3, -0.25) is 0 Å². The molecule has 5 heteroatoms. The molecule has 3 nitrogen and oxygen atoms in total. The lowest BCUT2D eigenvalue weighted by Crippen LogP contribution is -2.10. The smallest absolute Gasteiger partial charge is 0.156 e. The van der Waals surface area contributed by atoms with Crippen molar-refractivity contribution in [3.63, 3.8) is 0 Å². The highest BCUT2D eigenvalue weighted by atomic mass is 32.2. The summed E-state index contributed by atoms with van der Waals surface area (Å²) >= 11 is 1.48. The van der Waals surface area contributed by atoms with Crippen LogP contribution in [0.2, 0.25) is 0 Å². The van der Waals surface area contributed by atoms with Crippen LogP contribution in [-0.2, 0) is 22.0 Å². The summed E-state index contributed by atoms with van der Waals surface area (Å²) in [5.41, 5.74) is 2.12. The van der Waals surface area contributed by atoms with Crippen LogP contribution in [0.5, 0.6) is 0 Å². The monoisotopic (exact) mass is 309 g/mol. The fraction of sp³-hybridized carbons (Fsp3) is 0.400. The zero-order valence-corrected chi connectivity index (χ0v) is 13.4. The molecule has 0 unspecified atom stereocenters. The van der Waals surface area contributed by atoms with E-state index in [0.717, 1.165) is 17.0 Å². The summed E-state index contributed by atoms with van der Waals surface area (Å²) in [7, 11) is -3.06. The Kier molecular flexibility index (Phi) is 4.94. The van der Waals surface area contributed by atoms with Crippen LogP contribution in [0.25, 0.3) is 0 Å². The van der Waals surface area contributed by atoms with Gasteiger partial charge in [0.2, 0.25) is 0 Å². The van der Waals surface area contributed by atoms with Crippen molar-refractivity contribution >= 4 is 21.2 Å². The van der Waals surface area contributed by atoms with E-state index >= 15 is 0 Å². The van der Waals surface area contributed by atoms with Crippen LogP contribution in [-0.4, -0.2) is 19.2 Å². The first-order valence-corrected chi connectivity index (χ1v) is 9.27. The highest BCUT2D eigenvalue weighted by molar-refractivity contribution is 7.90. The van der Waals surface area contributed by atoms with Crippen LogP contribution in [0.4, 0.5) is 0 Å². The van der Waals surface area contributed by atoms with Gasteiger partial charge >= 0.3 is 0 Å². The van der Waals surface area contributed by atoms with Gasteiger partial charge in [-0.05, 0) is 32.3 Å². The first-order valence-electron chi connectivity index (χ1n) is 6.63. The van der Waals surface area contributed by atoms with Crippen molar-refractivity contribution in [1.82, 2.24) is 4.98 Å². The molecule has 20 heavy (non-hydrogen) atoms. The van der Waals surface area contributed by atoms with Gasteiger partial charge in [-0.1, -0.05) is 30.3 Å². The molecule has 0 amide bonds. The summed E-state index contributed by atoms with van der Waals surface area (Å²) in [6.45, 7) is 3.88. The number of thiazole rings is 1. The van der Waals surface area contributed by atoms with E-state index in [1.165, 1.54) is 16.9 Å². The molecule has 0 radical (unpaired) electrons. The van der Waals surface area contributed by atoms with Crippen LogP contribution in [0.15, 0.2) is 30.3 Å². The van der Waals surface area contributed by atoms with Gasteiger partial charge in [0.15, 0.2) is 9.84 Å². The van der Waals surface area contributed by atoms with Gasteiger partial charge in [-0.25, -0.2) is 13.4 Å². The van der Waals surface area contributed by atoms with E-state index < -0.39 is 9.84 Å². The normalized spacial score (nSPS) is 11.7. The van der Waals surface area contributed by atoms with Crippen LogP contribution in [0.3, 0.4) is 0 Å². The van der Waals surface area contributed by atoms with Gasteiger partial charge in [0, 0.05) is 4.88 Å². The molecular formula is C15H19NO2S2. The highest BCUT2D eigenvalue weighted by Crippen LogP contribution is 2.19. The largest absolute Gasteiger partial charge is 0.245 e. The Labute approximate surface area is 124 Å². The topological polar surface area (TPSA) is 47.0 Å². The fourth-order valence-corrected chi connectivity index (χ4v) is 4.68. The second-order valence-electron chi connectivity index (χ2n) is 4.93. The lowest BCUT2D eigenvalue weighted by molar-refractivity contribution is 0.592. The molecule has 0 N–H and O–H groups in total. The molecule has 0 aliphatic heterocycles. The van der Waals surface area contributed by atoms with Crippen molar-refractivity contribution in [2.45, 2.75) is 32.4 Å². The third-order valence-corrected chi connectivity index (χ3v) is 6.06. The average Bonchev–Trinajstić information content (AvgIpc) is 2.68. The number of aryl methyl sites for hydroxylation is 3. The van der Waals surface area contributed by atoms with E-state index in [4.69, 9.17) is 0 Å². The molecule has 0 fully saturated rings. The average molecular weight is 309 g/mol. The Hall–Kier alpha value is -1.20. The molecule has 0 spiro atoms. The minimum atomic E-state index is -3.06. The van der Waals surface area contributed by atoms with Crippen LogP contribution in [0, 0.1) is 13.8 Å². The predicted molar refractivity (Wildman–Crippen MR) is 83.8 cm³/mol. The van der Waals surface area contributed by atoms with Crippen molar-refractivity contribution in [1.29, 1.82) is 0 Å². The SMILES string of the molecule is Cc1nc(CS(=O)(=O)CCCc2ccccc2)sc1C. The molecule has 0 saturated heterocycles. The van der Waals surface area contributed by atoms with E-state index in [-0.39, 0.29) is 11.5 Å². The number of nitrogens with zero attached hydrogens (tertiary/aromatic N) is 1. The Balaban J connectivity index is 1.88. The first-order chi connectivity index (χ1) is 9.46. The number of aromatic nitrogens is 1. The summed E-state index contributed by atoms with van der Waals surface area (Å²) in [5.74, 6) is 0.292. The standard InChI is InChI=1S/C15H19NO2S2/c1-12-13(2)19-15(16-12)11-20(17,18)10-6-9-14-7-4-3-5-8-14/h3-5,7-8H,6,9-11H2,1-2H3. The number of sulfone groups is 1. The predicted octanol–water partition coefficient (Wildman–Crippen LogP) is 3.31. The molecule has 2 aromatic rings. The van der Waals surface area contributed by atoms with Crippen molar-refractivity contribution in [2.24, 2.45) is 0 Å². The number of hydrogen-bond acceptors (Lipinski definition) is 4. The zero-order valence-electron chi connectivity index (χ0n) is 11.8. The summed E-state index contributed by atoms with van der Waals surface area (Å²) in [6.07, 6.45) is 1.46. The second kappa shape index (κ2) is 6.50. The number of benzene rings is 1. The Morgan fingerprint density at radius 2 is 1.85 bits per heavy atom. The maximum atomic E-state index is 12.1. The van der Waals surface area contributed by atoms with E-state index in [1.54, 1.807) is 0 Å². The van der Waals surface area contributed by atoms with Gasteiger partial charge in [-0.2, -0.15) is 0 Å². The zero-order chi connectivity index (χ0) is 14.6. The molecule has 0 atom stereocenters. The van der Waals surface area contributed by atoms with Crippen molar-refractivity contribution in [3.05, 3.63) is 51.5 Å². The van der Waals surface area contributed by atoms with Crippen molar-refractivity contribution in [3.8, 4) is 0 Å². The Bertz CT molecular complexity index is 641. The highest BCUT2D eigenvalue weighted by Gasteiger charge is 2.15. The van der Waals surface area contributed by atoms with E-state index in [0.29, 0.717) is 11.4 Å². The molecule has 1 aromatic carbocycles. The van der Waals surface area contributed by atoms with Crippen molar-refractivity contribution < 1.29 is 8.42 Å². The minimum Gasteiger partial charge on any atom is -0.245 e. The summed E-state index contributed by atoms with van der Waals surface area (Å²) in [5, 5.41) is 0.708. The number of hydrogen-bond donors (Lipinski definition) is 0. The van der Waals surface area contributed by atoms with Gasteiger partial charge in [0.05, 0.1) is 11.4 Å². The maximum Gasteiger partial charge on any atom is 0.156 e. The molecule has 0 bridgehead atoms. The lowest BCUT2D eigenvalue weighted by Gasteiger charge is -2.03. The van der Waals surface area contributed by atoms with E-state index in [2.05, 4.69) is 4.98 Å². The third-order valence-electron chi connectivity index (χ3n) is 3.18. The van der Waals surface area contributed by atoms with Crippen LogP contribution in [0.1, 0.15) is 27.6 Å². The van der Waals surface area contributed by atoms with Crippen molar-refractivity contribution in [2.75, 3.05) is 5.75 Å². The van der Waals surface area contributed by atoms with Gasteiger partial charge in [0.25, 0.3) is 0 Å². The lowest BCUT2D eigenvalue weighted by atomic mass is 10.1. The molecule has 108 valence electrons. The molecule has 0 saturated carbocycles.